The Kier molecular flexibility index (Phi) is 7.08. The Morgan fingerprint density at radius 1 is 1.28 bits per heavy atom. The van der Waals surface area contributed by atoms with Gasteiger partial charge in [0.25, 0.3) is 0 Å². The molecule has 0 N–H and O–H groups in total. The van der Waals surface area contributed by atoms with Gasteiger partial charge in [0.2, 0.25) is 0 Å². The molecule has 1 aromatic carbocycles. The molecular weight excluding hydrogens is 360 g/mol. The highest BCUT2D eigenvalue weighted by atomic mass is 35.5. The first-order valence-corrected chi connectivity index (χ1v) is 9.07. The molecular formula is C18H23ClN2O3S. The number of methoxy groups -OCH3 is 1. The highest BCUT2D eigenvalue weighted by molar-refractivity contribution is 7.19. The monoisotopic (exact) mass is 382 g/mol. The number of aryl methyl sites for hydroxylation is 1. The molecule has 0 unspecified atom stereocenters. The molecule has 0 saturated heterocycles. The zero-order valence-corrected chi connectivity index (χ0v) is 16.1. The third-order valence-electron chi connectivity index (χ3n) is 4.02. The van der Waals surface area contributed by atoms with Gasteiger partial charge in [-0.3, -0.25) is 4.79 Å². The predicted molar refractivity (Wildman–Crippen MR) is 103 cm³/mol. The van der Waals surface area contributed by atoms with Crippen LogP contribution in [0.15, 0.2) is 24.3 Å². The van der Waals surface area contributed by atoms with Crippen molar-refractivity contribution in [1.82, 2.24) is 4.98 Å². The van der Waals surface area contributed by atoms with Crippen LogP contribution in [0.2, 0.25) is 0 Å². The van der Waals surface area contributed by atoms with E-state index >= 15 is 0 Å². The number of nitrogens with zero attached hydrogens (tertiary/aromatic N) is 2. The second kappa shape index (κ2) is 9.06. The average molecular weight is 383 g/mol. The minimum atomic E-state index is -0.176. The van der Waals surface area contributed by atoms with Gasteiger partial charge in [-0.1, -0.05) is 11.3 Å². The first-order chi connectivity index (χ1) is 11.7. The molecule has 3 rings (SSSR count). The number of anilines is 1. The third kappa shape index (κ3) is 4.64. The Labute approximate surface area is 158 Å². The maximum absolute atomic E-state index is 11.9. The van der Waals surface area contributed by atoms with E-state index in [4.69, 9.17) is 14.5 Å². The van der Waals surface area contributed by atoms with E-state index in [1.807, 2.05) is 31.2 Å². The fraction of sp³-hybridized carbons (Fsp3) is 0.444. The van der Waals surface area contributed by atoms with Crippen LogP contribution in [0.4, 0.5) is 5.00 Å². The molecule has 0 atom stereocenters. The number of thiazole rings is 1. The van der Waals surface area contributed by atoms with Gasteiger partial charge in [0, 0.05) is 12.1 Å². The average Bonchev–Trinajstić information content (AvgIpc) is 2.93. The number of carbonyl (C=O) groups is 1. The molecule has 5 nitrogen and oxygen atoms in total. The number of hydrogen-bond donors (Lipinski definition) is 0. The highest BCUT2D eigenvalue weighted by Crippen LogP contribution is 2.37. The van der Waals surface area contributed by atoms with Crippen molar-refractivity contribution in [2.24, 2.45) is 0 Å². The fourth-order valence-corrected chi connectivity index (χ4v) is 3.96. The summed E-state index contributed by atoms with van der Waals surface area (Å²) in [4.78, 5) is 18.8. The lowest BCUT2D eigenvalue weighted by Crippen LogP contribution is -2.31. The Morgan fingerprint density at radius 3 is 2.72 bits per heavy atom. The maximum atomic E-state index is 11.9. The molecule has 0 saturated carbocycles. The number of esters is 1. The molecule has 0 bridgehead atoms. The van der Waals surface area contributed by atoms with Gasteiger partial charge in [-0.15, -0.1) is 12.4 Å². The topological polar surface area (TPSA) is 51.7 Å². The Balaban J connectivity index is 0.00000225. The maximum Gasteiger partial charge on any atom is 0.325 e. The number of hydrogen-bond acceptors (Lipinski definition) is 6. The van der Waals surface area contributed by atoms with E-state index in [0.717, 1.165) is 52.8 Å². The largest absolute Gasteiger partial charge is 0.497 e. The summed E-state index contributed by atoms with van der Waals surface area (Å²) in [7, 11) is 1.66. The summed E-state index contributed by atoms with van der Waals surface area (Å²) in [5.74, 6) is 0.658. The Bertz CT molecular complexity index is 703. The molecule has 0 radical (unpaired) electrons. The third-order valence-corrected chi connectivity index (χ3v) is 5.23. The SMILES string of the molecule is CCOC(=O)CN1CCCCc2nc(-c3ccc(OC)cc3)sc21.Cl. The van der Waals surface area contributed by atoms with E-state index in [9.17, 15) is 4.79 Å². The standard InChI is InChI=1S/C18H22N2O3S.ClH/c1-3-23-16(21)12-20-11-5-4-6-15-18(20)24-17(19-15)13-7-9-14(22-2)10-8-13;/h7-10H,3-6,11-12H2,1-2H3;1H. The number of ether oxygens (including phenoxy) is 2. The second-order valence-electron chi connectivity index (χ2n) is 5.68. The van der Waals surface area contributed by atoms with Crippen LogP contribution < -0.4 is 9.64 Å². The molecule has 0 spiro atoms. The molecule has 7 heteroatoms. The van der Waals surface area contributed by atoms with Crippen molar-refractivity contribution in [3.8, 4) is 16.3 Å². The van der Waals surface area contributed by atoms with Gasteiger partial charge in [0.15, 0.2) is 0 Å². The van der Waals surface area contributed by atoms with Gasteiger partial charge in [0.1, 0.15) is 22.3 Å². The molecule has 1 aromatic heterocycles. The Morgan fingerprint density at radius 2 is 2.04 bits per heavy atom. The molecule has 0 fully saturated rings. The summed E-state index contributed by atoms with van der Waals surface area (Å²) in [6.45, 7) is 3.42. The molecule has 1 aliphatic heterocycles. The molecule has 1 aliphatic rings. The molecule has 25 heavy (non-hydrogen) atoms. The molecule has 0 aliphatic carbocycles. The van der Waals surface area contributed by atoms with E-state index in [1.54, 1.807) is 18.4 Å². The summed E-state index contributed by atoms with van der Waals surface area (Å²) in [6.07, 6.45) is 3.12. The van der Waals surface area contributed by atoms with Crippen molar-refractivity contribution in [2.75, 3.05) is 31.7 Å². The van der Waals surface area contributed by atoms with Crippen LogP contribution >= 0.6 is 23.7 Å². The van der Waals surface area contributed by atoms with Gasteiger partial charge < -0.3 is 14.4 Å². The van der Waals surface area contributed by atoms with Gasteiger partial charge in [-0.25, -0.2) is 4.98 Å². The van der Waals surface area contributed by atoms with Crippen molar-refractivity contribution in [2.45, 2.75) is 26.2 Å². The minimum Gasteiger partial charge on any atom is -0.497 e. The van der Waals surface area contributed by atoms with Gasteiger partial charge in [-0.2, -0.15) is 0 Å². The summed E-state index contributed by atoms with van der Waals surface area (Å²) < 4.78 is 10.3. The normalized spacial score (nSPS) is 13.4. The first kappa shape index (κ1) is 19.5. The van der Waals surface area contributed by atoms with Crippen molar-refractivity contribution < 1.29 is 14.3 Å². The van der Waals surface area contributed by atoms with E-state index in [2.05, 4.69) is 4.90 Å². The number of benzene rings is 1. The number of carbonyl (C=O) groups excluding carboxylic acids is 1. The second-order valence-corrected chi connectivity index (χ2v) is 6.66. The Hall–Kier alpha value is -1.79. The molecule has 0 amide bonds. The van der Waals surface area contributed by atoms with Crippen molar-refractivity contribution in [3.63, 3.8) is 0 Å². The zero-order chi connectivity index (χ0) is 16.9. The van der Waals surface area contributed by atoms with Gasteiger partial charge in [-0.05, 0) is 50.5 Å². The summed E-state index contributed by atoms with van der Waals surface area (Å²) in [5.41, 5.74) is 2.16. The van der Waals surface area contributed by atoms with E-state index in [-0.39, 0.29) is 18.4 Å². The predicted octanol–water partition coefficient (Wildman–Crippen LogP) is 3.95. The van der Waals surface area contributed by atoms with Crippen LogP contribution in [0.5, 0.6) is 5.75 Å². The number of halogens is 1. The van der Waals surface area contributed by atoms with Crippen molar-refractivity contribution in [3.05, 3.63) is 30.0 Å². The summed E-state index contributed by atoms with van der Waals surface area (Å²) in [6, 6.07) is 7.93. The lowest BCUT2D eigenvalue weighted by molar-refractivity contribution is -0.141. The smallest absolute Gasteiger partial charge is 0.325 e. The molecule has 2 heterocycles. The lowest BCUT2D eigenvalue weighted by Gasteiger charge is -2.20. The van der Waals surface area contributed by atoms with Crippen molar-refractivity contribution in [1.29, 1.82) is 0 Å². The minimum absolute atomic E-state index is 0. The van der Waals surface area contributed by atoms with Crippen LogP contribution in [-0.4, -0.2) is 37.8 Å². The van der Waals surface area contributed by atoms with Crippen molar-refractivity contribution >= 4 is 34.7 Å². The number of aromatic nitrogens is 1. The van der Waals surface area contributed by atoms with Crippen LogP contribution in [-0.2, 0) is 16.0 Å². The first-order valence-electron chi connectivity index (χ1n) is 8.26. The highest BCUT2D eigenvalue weighted by Gasteiger charge is 2.23. The summed E-state index contributed by atoms with van der Waals surface area (Å²) >= 11 is 1.65. The van der Waals surface area contributed by atoms with Crippen LogP contribution in [0.3, 0.4) is 0 Å². The van der Waals surface area contributed by atoms with E-state index in [0.29, 0.717) is 13.2 Å². The van der Waals surface area contributed by atoms with Crippen LogP contribution in [0, 0.1) is 0 Å². The zero-order valence-electron chi connectivity index (χ0n) is 14.5. The van der Waals surface area contributed by atoms with Crippen LogP contribution in [0.25, 0.3) is 10.6 Å². The summed E-state index contributed by atoms with van der Waals surface area (Å²) in [5, 5.41) is 2.09. The molecule has 136 valence electrons. The van der Waals surface area contributed by atoms with Crippen LogP contribution in [0.1, 0.15) is 25.5 Å². The number of rotatable bonds is 5. The number of fused-ring (bicyclic) bond motifs is 1. The van der Waals surface area contributed by atoms with Gasteiger partial charge in [0.05, 0.1) is 19.4 Å². The lowest BCUT2D eigenvalue weighted by atomic mass is 10.2. The van der Waals surface area contributed by atoms with E-state index in [1.165, 1.54) is 0 Å². The molecule has 2 aromatic rings. The fourth-order valence-electron chi connectivity index (χ4n) is 2.82. The quantitative estimate of drug-likeness (QED) is 0.733. The van der Waals surface area contributed by atoms with E-state index < -0.39 is 0 Å². The van der Waals surface area contributed by atoms with Gasteiger partial charge >= 0.3 is 5.97 Å².